The summed E-state index contributed by atoms with van der Waals surface area (Å²) >= 11 is 3.34. The van der Waals surface area contributed by atoms with Crippen LogP contribution < -0.4 is 4.90 Å². The van der Waals surface area contributed by atoms with Gasteiger partial charge in [-0.3, -0.25) is 4.79 Å². The van der Waals surface area contributed by atoms with E-state index >= 15 is 0 Å². The second-order valence-corrected chi connectivity index (χ2v) is 5.95. The van der Waals surface area contributed by atoms with Crippen LogP contribution in [0.3, 0.4) is 0 Å². The average Bonchev–Trinajstić information content (AvgIpc) is 2.27. The molecule has 0 amide bonds. The number of nitrogens with zero attached hydrogens (tertiary/aromatic N) is 2. The van der Waals surface area contributed by atoms with Crippen LogP contribution >= 0.6 is 15.9 Å². The van der Waals surface area contributed by atoms with Crippen molar-refractivity contribution in [3.63, 3.8) is 0 Å². The molecule has 3 nitrogen and oxygen atoms in total. The molecule has 1 saturated heterocycles. The molecule has 2 atom stereocenters. The van der Waals surface area contributed by atoms with Crippen LogP contribution in [-0.2, 0) is 0 Å². The van der Waals surface area contributed by atoms with Crippen molar-refractivity contribution in [3.05, 3.63) is 22.3 Å². The molecule has 1 aliphatic heterocycles. The Hall–Kier alpha value is -0.900. The number of hydrogen-bond donors (Lipinski definition) is 0. The molecule has 1 aromatic heterocycles. The Labute approximate surface area is 110 Å². The van der Waals surface area contributed by atoms with E-state index in [0.29, 0.717) is 17.4 Å². The molecule has 2 heterocycles. The number of rotatable bonds is 2. The summed E-state index contributed by atoms with van der Waals surface area (Å²) in [6.07, 6.45) is 3.90. The lowest BCUT2D eigenvalue weighted by Crippen LogP contribution is -2.39. The fraction of sp³-hybridized carbons (Fsp3) is 0.538. The van der Waals surface area contributed by atoms with Crippen molar-refractivity contribution in [2.24, 2.45) is 11.8 Å². The molecule has 92 valence electrons. The quantitative estimate of drug-likeness (QED) is 0.786. The van der Waals surface area contributed by atoms with Crippen LogP contribution in [-0.4, -0.2) is 24.4 Å². The van der Waals surface area contributed by atoms with Gasteiger partial charge in [-0.15, -0.1) is 0 Å². The summed E-state index contributed by atoms with van der Waals surface area (Å²) in [5.74, 6) is 2.13. The molecule has 4 heteroatoms. The first-order valence-corrected chi connectivity index (χ1v) is 6.75. The lowest BCUT2D eigenvalue weighted by Gasteiger charge is -2.36. The van der Waals surface area contributed by atoms with E-state index in [2.05, 4.69) is 39.7 Å². The minimum absolute atomic E-state index is 0.656. The molecule has 2 unspecified atom stereocenters. The molecule has 17 heavy (non-hydrogen) atoms. The maximum atomic E-state index is 11.1. The van der Waals surface area contributed by atoms with Gasteiger partial charge in [0.1, 0.15) is 5.82 Å². The van der Waals surface area contributed by atoms with Gasteiger partial charge in [0.15, 0.2) is 6.29 Å². The highest BCUT2D eigenvalue weighted by molar-refractivity contribution is 9.10. The highest BCUT2D eigenvalue weighted by atomic mass is 79.9. The Kier molecular flexibility index (Phi) is 3.82. The lowest BCUT2D eigenvalue weighted by atomic mass is 9.92. The van der Waals surface area contributed by atoms with Gasteiger partial charge >= 0.3 is 0 Å². The molecular weight excluding hydrogens is 280 g/mol. The first kappa shape index (κ1) is 12.6. The number of hydrogen-bond acceptors (Lipinski definition) is 3. The smallest absolute Gasteiger partial charge is 0.153 e. The molecule has 0 bridgehead atoms. The van der Waals surface area contributed by atoms with Crippen molar-refractivity contribution in [3.8, 4) is 0 Å². The molecule has 1 aromatic rings. The Morgan fingerprint density at radius 1 is 1.41 bits per heavy atom. The maximum Gasteiger partial charge on any atom is 0.153 e. The van der Waals surface area contributed by atoms with E-state index in [1.54, 1.807) is 6.20 Å². The highest BCUT2D eigenvalue weighted by Gasteiger charge is 2.24. The van der Waals surface area contributed by atoms with Crippen molar-refractivity contribution in [1.82, 2.24) is 4.98 Å². The predicted molar refractivity (Wildman–Crippen MR) is 72.5 cm³/mol. The van der Waals surface area contributed by atoms with Crippen LogP contribution in [0, 0.1) is 11.8 Å². The van der Waals surface area contributed by atoms with E-state index in [1.165, 1.54) is 6.42 Å². The van der Waals surface area contributed by atoms with Crippen molar-refractivity contribution in [2.45, 2.75) is 20.3 Å². The maximum absolute atomic E-state index is 11.1. The fourth-order valence-corrected chi connectivity index (χ4v) is 2.98. The number of carbonyl (C=O) groups excluding carboxylic acids is 1. The summed E-state index contributed by atoms with van der Waals surface area (Å²) < 4.78 is 0.849. The number of aromatic nitrogens is 1. The van der Waals surface area contributed by atoms with E-state index in [0.717, 1.165) is 29.7 Å². The molecule has 0 aliphatic carbocycles. The van der Waals surface area contributed by atoms with Crippen LogP contribution in [0.15, 0.2) is 16.7 Å². The van der Waals surface area contributed by atoms with Gasteiger partial charge in [-0.25, -0.2) is 4.98 Å². The first-order chi connectivity index (χ1) is 8.10. The van der Waals surface area contributed by atoms with Gasteiger partial charge in [-0.1, -0.05) is 13.8 Å². The van der Waals surface area contributed by atoms with Crippen molar-refractivity contribution in [2.75, 3.05) is 18.0 Å². The summed E-state index contributed by atoms with van der Waals surface area (Å²) in [7, 11) is 0. The molecule has 1 fully saturated rings. The van der Waals surface area contributed by atoms with E-state index in [9.17, 15) is 4.79 Å². The van der Waals surface area contributed by atoms with Crippen LogP contribution in [0.25, 0.3) is 0 Å². The third-order valence-electron chi connectivity index (χ3n) is 3.16. The number of pyridine rings is 1. The molecular formula is C13H17BrN2O. The van der Waals surface area contributed by atoms with Gasteiger partial charge in [-0.2, -0.15) is 0 Å². The van der Waals surface area contributed by atoms with Crippen molar-refractivity contribution in [1.29, 1.82) is 0 Å². The lowest BCUT2D eigenvalue weighted by molar-refractivity contribution is 0.112. The fourth-order valence-electron chi connectivity index (χ4n) is 2.63. The summed E-state index contributed by atoms with van der Waals surface area (Å²) in [6.45, 7) is 6.48. The number of halogens is 1. The Bertz CT molecular complexity index is 412. The molecule has 0 saturated carbocycles. The van der Waals surface area contributed by atoms with Gasteiger partial charge < -0.3 is 4.90 Å². The van der Waals surface area contributed by atoms with Gasteiger partial charge in [0.25, 0.3) is 0 Å². The van der Waals surface area contributed by atoms with E-state index in [4.69, 9.17) is 0 Å². The zero-order valence-corrected chi connectivity index (χ0v) is 11.8. The number of piperidine rings is 1. The predicted octanol–water partition coefficient (Wildman–Crippen LogP) is 3.14. The number of aldehydes is 1. The standard InChI is InChI=1S/C13H17BrN2O/c1-9-3-10(2)7-16(6-9)13-11(8-17)4-12(14)5-15-13/h4-5,8-10H,3,6-7H2,1-2H3. The van der Waals surface area contributed by atoms with Crippen LogP contribution in [0.4, 0.5) is 5.82 Å². The number of carbonyl (C=O) groups is 1. The van der Waals surface area contributed by atoms with Crippen LogP contribution in [0.1, 0.15) is 30.6 Å². The third-order valence-corrected chi connectivity index (χ3v) is 3.59. The molecule has 1 aliphatic rings. The molecule has 0 N–H and O–H groups in total. The largest absolute Gasteiger partial charge is 0.355 e. The Morgan fingerprint density at radius 3 is 2.65 bits per heavy atom. The van der Waals surface area contributed by atoms with E-state index in [1.807, 2.05) is 6.07 Å². The summed E-state index contributed by atoms with van der Waals surface area (Å²) in [5.41, 5.74) is 0.667. The average molecular weight is 297 g/mol. The minimum atomic E-state index is 0.656. The van der Waals surface area contributed by atoms with Gasteiger partial charge in [0.2, 0.25) is 0 Å². The van der Waals surface area contributed by atoms with Crippen molar-refractivity contribution >= 4 is 28.0 Å². The molecule has 0 aromatic carbocycles. The second kappa shape index (κ2) is 5.17. The minimum Gasteiger partial charge on any atom is -0.355 e. The zero-order chi connectivity index (χ0) is 12.4. The van der Waals surface area contributed by atoms with Crippen molar-refractivity contribution < 1.29 is 4.79 Å². The Morgan fingerprint density at radius 2 is 2.06 bits per heavy atom. The summed E-state index contributed by atoms with van der Waals surface area (Å²) in [5, 5.41) is 0. The first-order valence-electron chi connectivity index (χ1n) is 5.95. The second-order valence-electron chi connectivity index (χ2n) is 5.04. The molecule has 0 radical (unpaired) electrons. The van der Waals surface area contributed by atoms with Gasteiger partial charge in [-0.05, 0) is 40.3 Å². The summed E-state index contributed by atoms with van der Waals surface area (Å²) in [6, 6.07) is 1.83. The molecule has 2 rings (SSSR count). The number of anilines is 1. The van der Waals surface area contributed by atoms with E-state index in [-0.39, 0.29) is 0 Å². The van der Waals surface area contributed by atoms with E-state index < -0.39 is 0 Å². The highest BCUT2D eigenvalue weighted by Crippen LogP contribution is 2.27. The topological polar surface area (TPSA) is 33.2 Å². The third kappa shape index (κ3) is 2.86. The SMILES string of the molecule is CC1CC(C)CN(c2ncc(Br)cc2C=O)C1. The van der Waals surface area contributed by atoms with Crippen LogP contribution in [0.5, 0.6) is 0 Å². The van der Waals surface area contributed by atoms with Gasteiger partial charge in [0, 0.05) is 23.8 Å². The normalized spacial score (nSPS) is 24.8. The van der Waals surface area contributed by atoms with Gasteiger partial charge in [0.05, 0.1) is 5.56 Å². The zero-order valence-electron chi connectivity index (χ0n) is 10.2. The van der Waals surface area contributed by atoms with Crippen LogP contribution in [0.2, 0.25) is 0 Å². The summed E-state index contributed by atoms with van der Waals surface area (Å²) in [4.78, 5) is 17.7. The molecule has 0 spiro atoms. The monoisotopic (exact) mass is 296 g/mol. The Balaban J connectivity index is 2.29.